The largest absolute Gasteiger partial charge is 0.280 e. The van der Waals surface area contributed by atoms with E-state index in [9.17, 15) is 9.18 Å². The van der Waals surface area contributed by atoms with E-state index in [1.165, 1.54) is 39.8 Å². The molecule has 0 saturated heterocycles. The van der Waals surface area contributed by atoms with Crippen LogP contribution >= 0.6 is 34.3 Å². The van der Waals surface area contributed by atoms with Crippen molar-refractivity contribution >= 4 is 61.7 Å². The van der Waals surface area contributed by atoms with Crippen molar-refractivity contribution in [2.24, 2.45) is 5.10 Å². The summed E-state index contributed by atoms with van der Waals surface area (Å²) >= 11 is 8.71. The molecule has 2 heterocycles. The Morgan fingerprint density at radius 1 is 1.19 bits per heavy atom. The second-order valence-electron chi connectivity index (χ2n) is 5.50. The summed E-state index contributed by atoms with van der Waals surface area (Å²) < 4.78 is 14.1. The lowest BCUT2D eigenvalue weighted by atomic mass is 10.2. The van der Waals surface area contributed by atoms with E-state index < -0.39 is 0 Å². The minimum absolute atomic E-state index is 0.354. The van der Waals surface area contributed by atoms with Crippen molar-refractivity contribution in [1.29, 1.82) is 0 Å². The molecule has 0 unspecified atom stereocenters. The normalized spacial score (nSPS) is 11.3. The van der Waals surface area contributed by atoms with Gasteiger partial charge >= 0.3 is 0 Å². The molecular formula is C19H11ClFN3OS2. The average Bonchev–Trinajstić information content (AvgIpc) is 3.31. The molecule has 27 heavy (non-hydrogen) atoms. The highest BCUT2D eigenvalue weighted by Gasteiger charge is 2.21. The van der Waals surface area contributed by atoms with Crippen molar-refractivity contribution in [2.75, 3.05) is 5.01 Å². The molecule has 0 N–H and O–H groups in total. The number of thiazole rings is 1. The van der Waals surface area contributed by atoms with E-state index in [-0.39, 0.29) is 11.7 Å². The molecule has 4 rings (SSSR count). The van der Waals surface area contributed by atoms with Gasteiger partial charge in [0, 0.05) is 15.5 Å². The number of amides is 1. The van der Waals surface area contributed by atoms with Crippen LogP contribution in [-0.2, 0) is 0 Å². The van der Waals surface area contributed by atoms with E-state index in [2.05, 4.69) is 10.1 Å². The number of hydrogen-bond acceptors (Lipinski definition) is 5. The quantitative estimate of drug-likeness (QED) is 0.311. The lowest BCUT2D eigenvalue weighted by molar-refractivity contribution is 0.0988. The zero-order chi connectivity index (χ0) is 18.8. The van der Waals surface area contributed by atoms with E-state index in [0.717, 1.165) is 4.88 Å². The molecule has 0 aliphatic carbocycles. The highest BCUT2D eigenvalue weighted by atomic mass is 35.5. The Balaban J connectivity index is 1.77. The summed E-state index contributed by atoms with van der Waals surface area (Å²) in [6.07, 6.45) is 1.60. The highest BCUT2D eigenvalue weighted by molar-refractivity contribution is 7.22. The lowest BCUT2D eigenvalue weighted by Crippen LogP contribution is -2.25. The van der Waals surface area contributed by atoms with Crippen LogP contribution < -0.4 is 5.01 Å². The van der Waals surface area contributed by atoms with E-state index in [0.29, 0.717) is 25.9 Å². The first-order valence-corrected chi connectivity index (χ1v) is 9.91. The predicted octanol–water partition coefficient (Wildman–Crippen LogP) is 5.83. The molecule has 2 aromatic carbocycles. The fourth-order valence-corrected chi connectivity index (χ4v) is 4.11. The summed E-state index contributed by atoms with van der Waals surface area (Å²) in [5, 5.41) is 8.29. The molecule has 134 valence electrons. The monoisotopic (exact) mass is 415 g/mol. The maximum absolute atomic E-state index is 13.5. The van der Waals surface area contributed by atoms with Crippen LogP contribution in [0.5, 0.6) is 0 Å². The summed E-state index contributed by atoms with van der Waals surface area (Å²) in [5.41, 5.74) is 0.989. The fraction of sp³-hybridized carbons (Fsp3) is 0. The standard InChI is InChI=1S/C19H11ClFN3OS2/c20-13-4-1-3-12(9-13)18(25)24(22-11-15-5-2-8-26-15)19-23-16-7-6-14(21)10-17(16)27-19/h1-11H/b22-11+. The molecule has 0 spiro atoms. The van der Waals surface area contributed by atoms with Crippen molar-refractivity contribution in [2.45, 2.75) is 0 Å². The number of hydrogen-bond donors (Lipinski definition) is 0. The number of nitrogens with zero attached hydrogens (tertiary/aromatic N) is 3. The van der Waals surface area contributed by atoms with Crippen molar-refractivity contribution < 1.29 is 9.18 Å². The van der Waals surface area contributed by atoms with Crippen LogP contribution in [0.15, 0.2) is 65.1 Å². The smallest absolute Gasteiger partial charge is 0.267 e. The third kappa shape index (κ3) is 3.90. The molecule has 2 aromatic heterocycles. The van der Waals surface area contributed by atoms with Gasteiger partial charge in [0.25, 0.3) is 5.91 Å². The third-order valence-corrected chi connectivity index (χ3v) is 5.66. The molecule has 0 fully saturated rings. The third-order valence-electron chi connectivity index (χ3n) is 3.63. The van der Waals surface area contributed by atoms with Crippen LogP contribution in [0.1, 0.15) is 15.2 Å². The Morgan fingerprint density at radius 3 is 2.85 bits per heavy atom. The molecule has 0 bridgehead atoms. The number of thiophene rings is 1. The zero-order valence-corrected chi connectivity index (χ0v) is 16.1. The van der Waals surface area contributed by atoms with Gasteiger partial charge in [0.15, 0.2) is 0 Å². The Hall–Kier alpha value is -2.61. The number of anilines is 1. The number of aromatic nitrogens is 1. The summed E-state index contributed by atoms with van der Waals surface area (Å²) in [5.74, 6) is -0.725. The number of halogens is 2. The Labute approximate surface area is 167 Å². The van der Waals surface area contributed by atoms with Crippen molar-refractivity contribution in [3.8, 4) is 0 Å². The minimum atomic E-state index is -0.371. The predicted molar refractivity (Wildman–Crippen MR) is 110 cm³/mol. The van der Waals surface area contributed by atoms with Gasteiger partial charge in [-0.15, -0.1) is 11.3 Å². The summed E-state index contributed by atoms with van der Waals surface area (Å²) in [7, 11) is 0. The van der Waals surface area contributed by atoms with Crippen LogP contribution in [0.2, 0.25) is 5.02 Å². The van der Waals surface area contributed by atoms with E-state index in [1.807, 2.05) is 17.5 Å². The van der Waals surface area contributed by atoms with E-state index >= 15 is 0 Å². The minimum Gasteiger partial charge on any atom is -0.267 e. The number of rotatable bonds is 4. The van der Waals surface area contributed by atoms with Gasteiger partial charge in [-0.3, -0.25) is 4.79 Å². The van der Waals surface area contributed by atoms with Gasteiger partial charge in [-0.2, -0.15) is 10.1 Å². The van der Waals surface area contributed by atoms with Crippen molar-refractivity contribution in [3.05, 3.63) is 81.3 Å². The van der Waals surface area contributed by atoms with Crippen LogP contribution in [0.4, 0.5) is 9.52 Å². The number of hydrazone groups is 1. The fourth-order valence-electron chi connectivity index (χ4n) is 2.39. The number of carbonyl (C=O) groups excluding carboxylic acids is 1. The maximum atomic E-state index is 13.5. The molecule has 0 aliphatic rings. The van der Waals surface area contributed by atoms with Crippen molar-refractivity contribution in [3.63, 3.8) is 0 Å². The number of fused-ring (bicyclic) bond motifs is 1. The Kier molecular flexibility index (Phi) is 4.98. The molecule has 4 aromatic rings. The number of benzene rings is 2. The zero-order valence-electron chi connectivity index (χ0n) is 13.7. The van der Waals surface area contributed by atoms with Crippen LogP contribution in [0.25, 0.3) is 10.2 Å². The summed E-state index contributed by atoms with van der Waals surface area (Å²) in [6, 6.07) is 14.7. The van der Waals surface area contributed by atoms with Gasteiger partial charge in [0.05, 0.1) is 16.4 Å². The summed E-state index contributed by atoms with van der Waals surface area (Å²) in [6.45, 7) is 0. The van der Waals surface area contributed by atoms with Gasteiger partial charge in [-0.1, -0.05) is 35.1 Å². The molecule has 8 heteroatoms. The Morgan fingerprint density at radius 2 is 2.07 bits per heavy atom. The molecule has 0 aliphatic heterocycles. The lowest BCUT2D eigenvalue weighted by Gasteiger charge is -2.13. The first-order chi connectivity index (χ1) is 13.1. The van der Waals surface area contributed by atoms with Crippen LogP contribution in [-0.4, -0.2) is 17.1 Å². The molecule has 0 radical (unpaired) electrons. The van der Waals surface area contributed by atoms with Gasteiger partial charge in [0.2, 0.25) is 5.13 Å². The van der Waals surface area contributed by atoms with Gasteiger partial charge in [0.1, 0.15) is 5.82 Å². The SMILES string of the molecule is O=C(c1cccc(Cl)c1)N(/N=C/c1cccs1)c1nc2ccc(F)cc2s1. The van der Waals surface area contributed by atoms with E-state index in [4.69, 9.17) is 11.6 Å². The second-order valence-corrected chi connectivity index (χ2v) is 7.92. The topological polar surface area (TPSA) is 45.6 Å². The average molecular weight is 416 g/mol. The maximum Gasteiger partial charge on any atom is 0.280 e. The van der Waals surface area contributed by atoms with Crippen molar-refractivity contribution in [1.82, 2.24) is 4.98 Å². The number of carbonyl (C=O) groups is 1. The van der Waals surface area contributed by atoms with Gasteiger partial charge < -0.3 is 0 Å². The second kappa shape index (κ2) is 7.56. The van der Waals surface area contributed by atoms with Crippen LogP contribution in [0.3, 0.4) is 0 Å². The molecule has 4 nitrogen and oxygen atoms in total. The molecular weight excluding hydrogens is 405 g/mol. The molecule has 0 atom stereocenters. The van der Waals surface area contributed by atoms with Gasteiger partial charge in [-0.25, -0.2) is 9.37 Å². The van der Waals surface area contributed by atoms with Gasteiger partial charge in [-0.05, 0) is 47.8 Å². The first-order valence-electron chi connectivity index (χ1n) is 7.84. The summed E-state index contributed by atoms with van der Waals surface area (Å²) in [4.78, 5) is 18.4. The molecule has 1 amide bonds. The molecule has 0 saturated carbocycles. The first kappa shape index (κ1) is 17.8. The van der Waals surface area contributed by atoms with E-state index in [1.54, 1.807) is 36.5 Å². The highest BCUT2D eigenvalue weighted by Crippen LogP contribution is 2.31. The van der Waals surface area contributed by atoms with Crippen LogP contribution in [0, 0.1) is 5.82 Å². The Bertz CT molecular complexity index is 1140.